The fourth-order valence-electron chi connectivity index (χ4n) is 5.30. The number of nitrogens with zero attached hydrogens (tertiary/aromatic N) is 2. The van der Waals surface area contributed by atoms with Crippen LogP contribution in [0.3, 0.4) is 0 Å². The maximum absolute atomic E-state index is 10.7. The molecule has 2 aliphatic rings. The maximum Gasteiger partial charge on any atom is 0.485 e. The minimum Gasteiger partial charge on any atom is -0.741 e. The van der Waals surface area contributed by atoms with Gasteiger partial charge in [-0.2, -0.15) is 35.5 Å². The summed E-state index contributed by atoms with van der Waals surface area (Å²) < 4.78 is 123. The summed E-state index contributed by atoms with van der Waals surface area (Å²) in [6.07, 6.45) is 11.2. The molecule has 0 spiro atoms. The third kappa shape index (κ3) is 8.50. The monoisotopic (exact) mass is 774 g/mol. The van der Waals surface area contributed by atoms with E-state index in [0.29, 0.717) is 0 Å². The van der Waals surface area contributed by atoms with E-state index in [0.717, 1.165) is 25.9 Å². The number of alkyl halides is 6. The van der Waals surface area contributed by atoms with E-state index in [1.54, 1.807) is 11.3 Å². The van der Waals surface area contributed by atoms with Crippen LogP contribution in [-0.2, 0) is 46.2 Å². The molecule has 0 saturated heterocycles. The van der Waals surface area contributed by atoms with Crippen LogP contribution in [0.4, 0.5) is 26.3 Å². The molecule has 50 heavy (non-hydrogen) atoms. The third-order valence-electron chi connectivity index (χ3n) is 7.53. The second-order valence-corrected chi connectivity index (χ2v) is 15.6. The quantitative estimate of drug-likeness (QED) is 0.0864. The van der Waals surface area contributed by atoms with Crippen molar-refractivity contribution in [2.75, 3.05) is 0 Å². The first-order valence-corrected chi connectivity index (χ1v) is 18.9. The zero-order valence-corrected chi connectivity index (χ0v) is 28.6. The lowest BCUT2D eigenvalue weighted by Gasteiger charge is -2.22. The Morgan fingerprint density at radius 2 is 1.24 bits per heavy atom. The average Bonchev–Trinajstić information content (AvgIpc) is 3.75. The summed E-state index contributed by atoms with van der Waals surface area (Å²) in [6.45, 7) is 2.09. The van der Waals surface area contributed by atoms with Gasteiger partial charge in [0.15, 0.2) is 45.7 Å². The van der Waals surface area contributed by atoms with Crippen molar-refractivity contribution < 1.29 is 61.4 Å². The molecule has 0 radical (unpaired) electrons. The highest BCUT2D eigenvalue weighted by molar-refractivity contribution is 7.86. The third-order valence-corrected chi connectivity index (χ3v) is 10.8. The predicted molar refractivity (Wildman–Crippen MR) is 173 cm³/mol. The number of pyridine rings is 2. The molecule has 4 aromatic heterocycles. The van der Waals surface area contributed by atoms with Crippen LogP contribution in [0.15, 0.2) is 84.5 Å². The summed E-state index contributed by atoms with van der Waals surface area (Å²) in [5.74, 6) is 0. The van der Waals surface area contributed by atoms with Crippen LogP contribution in [0, 0.1) is 0 Å². The van der Waals surface area contributed by atoms with Gasteiger partial charge in [0, 0.05) is 51.7 Å². The van der Waals surface area contributed by atoms with Gasteiger partial charge in [0.25, 0.3) is 0 Å². The second-order valence-electron chi connectivity index (χ2n) is 10.8. The Hall–Kier alpha value is -3.94. The molecule has 264 valence electrons. The summed E-state index contributed by atoms with van der Waals surface area (Å²) in [7, 11) is -12.2. The van der Waals surface area contributed by atoms with Crippen LogP contribution in [0.5, 0.6) is 0 Å². The first kappa shape index (κ1) is 37.3. The molecule has 0 amide bonds. The Balaban J connectivity index is 0.000000255. The molecule has 0 fully saturated rings. The average molecular weight is 775 g/mol. The molecule has 0 saturated carbocycles. The fraction of sp³-hybridized carbons (Fsp3) is 0.188. The maximum atomic E-state index is 10.7. The van der Waals surface area contributed by atoms with Crippen LogP contribution < -0.4 is 9.13 Å². The Morgan fingerprint density at radius 3 is 1.80 bits per heavy atom. The molecule has 0 N–H and O–H groups in total. The molecule has 2 aliphatic heterocycles. The standard InChI is InChI=1S/C30H24N2S2.2CHF3O3S/c1-2-15-31-17-13-22-7-8-23-14-18-32-16-12-21(20-26(32)30(23)29(22)25(31)4-1)6-9-24-10-11-28(34-24)27-5-3-19-33-27;2*2-1(3,4)8(5,6)7/h1-12,15-16,19-20H,13-14,17-18H2;2*(H,5,6,7)/q+2;;/p-2/b9-6+;;. The molecular weight excluding hydrogens is 751 g/mol. The van der Waals surface area contributed by atoms with Crippen molar-refractivity contribution in [3.63, 3.8) is 0 Å². The highest BCUT2D eigenvalue weighted by Crippen LogP contribution is 2.39. The number of aryl methyl sites for hydroxylation is 4. The van der Waals surface area contributed by atoms with Gasteiger partial charge < -0.3 is 9.11 Å². The van der Waals surface area contributed by atoms with Gasteiger partial charge in [0.2, 0.25) is 11.4 Å². The van der Waals surface area contributed by atoms with Crippen molar-refractivity contribution in [1.82, 2.24) is 0 Å². The number of halogens is 6. The van der Waals surface area contributed by atoms with E-state index in [4.69, 9.17) is 25.9 Å². The summed E-state index contributed by atoms with van der Waals surface area (Å²) in [5.41, 5.74) is -1.57. The molecule has 0 atom stereocenters. The van der Waals surface area contributed by atoms with Gasteiger partial charge in [-0.05, 0) is 52.4 Å². The van der Waals surface area contributed by atoms with E-state index < -0.39 is 31.3 Å². The van der Waals surface area contributed by atoms with E-state index in [1.165, 1.54) is 53.8 Å². The zero-order chi connectivity index (χ0) is 36.5. The van der Waals surface area contributed by atoms with Crippen LogP contribution in [0.25, 0.3) is 44.4 Å². The number of benzene rings is 1. The first-order chi connectivity index (χ1) is 23.3. The molecule has 5 aromatic rings. The topological polar surface area (TPSA) is 122 Å². The lowest BCUT2D eigenvalue weighted by atomic mass is 9.85. The molecule has 6 heterocycles. The summed E-state index contributed by atoms with van der Waals surface area (Å²) >= 11 is 3.65. The second kappa shape index (κ2) is 14.4. The Labute approximate surface area is 290 Å². The number of aromatic nitrogens is 2. The molecule has 8 nitrogen and oxygen atoms in total. The summed E-state index contributed by atoms with van der Waals surface area (Å²) in [5, 5.41) is 2.14. The Kier molecular flexibility index (Phi) is 10.7. The van der Waals surface area contributed by atoms with Gasteiger partial charge in [-0.15, -0.1) is 22.7 Å². The smallest absolute Gasteiger partial charge is 0.485 e. The molecule has 0 aliphatic carbocycles. The molecule has 7 rings (SSSR count). The lowest BCUT2D eigenvalue weighted by Crippen LogP contribution is -2.43. The van der Waals surface area contributed by atoms with E-state index in [1.807, 2.05) is 11.3 Å². The zero-order valence-electron chi connectivity index (χ0n) is 25.3. The number of rotatable bonds is 3. The van der Waals surface area contributed by atoms with Gasteiger partial charge in [-0.25, -0.2) is 16.8 Å². The molecule has 1 aromatic carbocycles. The SMILES string of the molecule is C(=C\c1ccc(-c2cccs2)s1)/c1cc[n+]2c(c1)-c1c(ccc3c1-c1cccc[n+]1CC3)CC2.O=S(=O)([O-])C(F)(F)F.O=S(=O)([O-])C(F)(F)F. The van der Waals surface area contributed by atoms with Gasteiger partial charge in [0.1, 0.15) is 0 Å². The molecule has 0 bridgehead atoms. The van der Waals surface area contributed by atoms with E-state index in [2.05, 4.69) is 106 Å². The molecule has 0 unspecified atom stereocenters. The van der Waals surface area contributed by atoms with Gasteiger partial charge in [-0.3, -0.25) is 0 Å². The largest absolute Gasteiger partial charge is 0.741 e. The molecule has 18 heteroatoms. The highest BCUT2D eigenvalue weighted by atomic mass is 32.2. The lowest BCUT2D eigenvalue weighted by molar-refractivity contribution is -0.689. The normalized spacial score (nSPS) is 13.9. The van der Waals surface area contributed by atoms with Crippen LogP contribution in [0.1, 0.15) is 21.6 Å². The summed E-state index contributed by atoms with van der Waals surface area (Å²) in [6, 6.07) is 24.7. The van der Waals surface area contributed by atoms with Crippen LogP contribution in [0.2, 0.25) is 0 Å². The van der Waals surface area contributed by atoms with Crippen molar-refractivity contribution in [1.29, 1.82) is 0 Å². The first-order valence-electron chi connectivity index (χ1n) is 14.4. The fourth-order valence-corrected chi connectivity index (χ4v) is 7.05. The van der Waals surface area contributed by atoms with Crippen molar-refractivity contribution in [2.24, 2.45) is 0 Å². The van der Waals surface area contributed by atoms with Gasteiger partial charge in [0.05, 0.1) is 11.1 Å². The van der Waals surface area contributed by atoms with Crippen molar-refractivity contribution >= 4 is 55.1 Å². The number of fused-ring (bicyclic) bond motifs is 7. The predicted octanol–water partition coefficient (Wildman–Crippen LogP) is 6.77. The van der Waals surface area contributed by atoms with Crippen LogP contribution in [-0.4, -0.2) is 37.0 Å². The Bertz CT molecular complexity index is 2220. The number of hydrogen-bond donors (Lipinski definition) is 0. The number of hydrogen-bond acceptors (Lipinski definition) is 8. The van der Waals surface area contributed by atoms with Gasteiger partial charge in [-0.1, -0.05) is 24.3 Å². The summed E-state index contributed by atoms with van der Waals surface area (Å²) in [4.78, 5) is 3.97. The van der Waals surface area contributed by atoms with Crippen molar-refractivity contribution in [3.8, 4) is 32.3 Å². The van der Waals surface area contributed by atoms with Crippen LogP contribution >= 0.6 is 22.7 Å². The van der Waals surface area contributed by atoms with E-state index in [-0.39, 0.29) is 0 Å². The highest BCUT2D eigenvalue weighted by Gasteiger charge is 2.38. The van der Waals surface area contributed by atoms with Gasteiger partial charge >= 0.3 is 11.0 Å². The van der Waals surface area contributed by atoms with Crippen molar-refractivity contribution in [2.45, 2.75) is 36.9 Å². The minimum absolute atomic E-state index is 1.04. The van der Waals surface area contributed by atoms with E-state index >= 15 is 0 Å². The molecular formula is C32H24F6N2O6S4. The Morgan fingerprint density at radius 1 is 0.660 bits per heavy atom. The van der Waals surface area contributed by atoms with E-state index in [9.17, 15) is 26.3 Å². The number of thiophene rings is 2. The minimum atomic E-state index is -6.09. The van der Waals surface area contributed by atoms with Crippen molar-refractivity contribution in [3.05, 3.63) is 106 Å².